The van der Waals surface area contributed by atoms with Crippen molar-refractivity contribution in [3.8, 4) is 0 Å². The largest absolute Gasteiger partial charge is 0.480 e. The summed E-state index contributed by atoms with van der Waals surface area (Å²) in [6.45, 7) is 3.92. The van der Waals surface area contributed by atoms with Gasteiger partial charge in [-0.25, -0.2) is 0 Å². The van der Waals surface area contributed by atoms with E-state index in [4.69, 9.17) is 5.11 Å². The van der Waals surface area contributed by atoms with E-state index in [0.717, 1.165) is 6.42 Å². The first-order valence-electron chi connectivity index (χ1n) is 4.83. The van der Waals surface area contributed by atoms with Crippen molar-refractivity contribution in [2.75, 3.05) is 7.05 Å². The predicted octanol–water partition coefficient (Wildman–Crippen LogP) is 1.96. The van der Waals surface area contributed by atoms with Gasteiger partial charge in [0, 0.05) is 0 Å². The minimum atomic E-state index is -0.788. The Balaban J connectivity index is 4.07. The van der Waals surface area contributed by atoms with Crippen LogP contribution < -0.4 is 5.32 Å². The Hall–Kier alpha value is -1.09. The van der Waals surface area contributed by atoms with Crippen molar-refractivity contribution in [3.05, 3.63) is 23.8 Å². The smallest absolute Gasteiger partial charge is 0.320 e. The van der Waals surface area contributed by atoms with Gasteiger partial charge in [0.1, 0.15) is 6.04 Å². The zero-order chi connectivity index (χ0) is 11.0. The first-order valence-corrected chi connectivity index (χ1v) is 4.83. The van der Waals surface area contributed by atoms with E-state index in [1.165, 1.54) is 5.57 Å². The van der Waals surface area contributed by atoms with E-state index in [9.17, 15) is 4.79 Å². The summed E-state index contributed by atoms with van der Waals surface area (Å²) in [7, 11) is 1.67. The summed E-state index contributed by atoms with van der Waals surface area (Å²) >= 11 is 0. The summed E-state index contributed by atoms with van der Waals surface area (Å²) < 4.78 is 0. The molecule has 3 heteroatoms. The molecule has 0 amide bonds. The van der Waals surface area contributed by atoms with Gasteiger partial charge in [0.15, 0.2) is 0 Å². The van der Waals surface area contributed by atoms with Crippen molar-refractivity contribution >= 4 is 5.97 Å². The number of hydrogen-bond acceptors (Lipinski definition) is 2. The van der Waals surface area contributed by atoms with E-state index in [1.807, 2.05) is 32.1 Å². The second kappa shape index (κ2) is 7.33. The lowest BCUT2D eigenvalue weighted by Gasteiger charge is -2.10. The average molecular weight is 197 g/mol. The zero-order valence-electron chi connectivity index (χ0n) is 9.08. The van der Waals surface area contributed by atoms with Gasteiger partial charge in [-0.3, -0.25) is 4.79 Å². The normalized spacial score (nSPS) is 14.6. The van der Waals surface area contributed by atoms with Crippen molar-refractivity contribution in [3.63, 3.8) is 0 Å². The topological polar surface area (TPSA) is 49.3 Å². The van der Waals surface area contributed by atoms with Gasteiger partial charge in [-0.15, -0.1) is 0 Å². The van der Waals surface area contributed by atoms with Gasteiger partial charge in [0.05, 0.1) is 0 Å². The molecule has 0 saturated carbocycles. The number of carboxylic acid groups (broad SMARTS) is 1. The van der Waals surface area contributed by atoms with Crippen LogP contribution >= 0.6 is 0 Å². The molecule has 0 aromatic carbocycles. The Morgan fingerprint density at radius 2 is 2.14 bits per heavy atom. The molecule has 3 nitrogen and oxygen atoms in total. The fourth-order valence-corrected chi connectivity index (χ4v) is 1.24. The molecule has 0 aromatic rings. The molecule has 2 N–H and O–H groups in total. The molecule has 0 saturated heterocycles. The summed E-state index contributed by atoms with van der Waals surface area (Å²) in [5, 5.41) is 11.6. The van der Waals surface area contributed by atoms with Crippen molar-refractivity contribution in [2.45, 2.75) is 32.7 Å². The van der Waals surface area contributed by atoms with Gasteiger partial charge in [-0.2, -0.15) is 0 Å². The number of nitrogens with one attached hydrogen (secondary N) is 1. The van der Waals surface area contributed by atoms with Crippen LogP contribution in [0.1, 0.15) is 26.7 Å². The van der Waals surface area contributed by atoms with Crippen LogP contribution in [-0.2, 0) is 4.79 Å². The Bertz CT molecular complexity index is 231. The lowest BCUT2D eigenvalue weighted by atomic mass is 10.1. The van der Waals surface area contributed by atoms with E-state index < -0.39 is 12.0 Å². The number of carbonyl (C=O) groups is 1. The van der Waals surface area contributed by atoms with E-state index in [1.54, 1.807) is 7.05 Å². The Kier molecular flexibility index (Phi) is 6.76. The maximum Gasteiger partial charge on any atom is 0.320 e. The zero-order valence-corrected chi connectivity index (χ0v) is 9.08. The molecule has 0 bridgehead atoms. The molecule has 14 heavy (non-hydrogen) atoms. The molecule has 1 atom stereocenters. The third-order valence-corrected chi connectivity index (χ3v) is 2.12. The summed E-state index contributed by atoms with van der Waals surface area (Å²) in [4.78, 5) is 10.7. The minimum absolute atomic E-state index is 0.449. The van der Waals surface area contributed by atoms with Crippen LogP contribution in [-0.4, -0.2) is 24.2 Å². The Labute approximate surface area is 85.5 Å². The summed E-state index contributed by atoms with van der Waals surface area (Å²) in [6.07, 6.45) is 7.39. The molecule has 0 aliphatic carbocycles. The van der Waals surface area contributed by atoms with Crippen LogP contribution in [0.2, 0.25) is 0 Å². The predicted molar refractivity (Wildman–Crippen MR) is 58.3 cm³/mol. The van der Waals surface area contributed by atoms with E-state index >= 15 is 0 Å². The summed E-state index contributed by atoms with van der Waals surface area (Å²) in [5.41, 5.74) is 1.18. The highest BCUT2D eigenvalue weighted by atomic mass is 16.4. The molecule has 0 aliphatic heterocycles. The monoisotopic (exact) mass is 197 g/mol. The number of hydrogen-bond donors (Lipinski definition) is 2. The first-order chi connectivity index (χ1) is 6.65. The average Bonchev–Trinajstić information content (AvgIpc) is 2.16. The van der Waals surface area contributed by atoms with Crippen LogP contribution in [0.4, 0.5) is 0 Å². The number of likely N-dealkylation sites (N-methyl/N-ethyl adjacent to an activating group) is 1. The summed E-state index contributed by atoms with van der Waals surface area (Å²) in [6, 6.07) is -0.449. The van der Waals surface area contributed by atoms with Crippen LogP contribution in [0.3, 0.4) is 0 Å². The van der Waals surface area contributed by atoms with E-state index in [-0.39, 0.29) is 0 Å². The lowest BCUT2D eigenvalue weighted by Crippen LogP contribution is -2.33. The molecular formula is C11H19NO2. The SMILES string of the molecule is C/C=C\C(=C/C)CC[C@H](NC)C(=O)O. The van der Waals surface area contributed by atoms with Crippen molar-refractivity contribution in [1.82, 2.24) is 5.32 Å². The highest BCUT2D eigenvalue weighted by Crippen LogP contribution is 2.09. The second-order valence-corrected chi connectivity index (χ2v) is 3.08. The quantitative estimate of drug-likeness (QED) is 0.640. The van der Waals surface area contributed by atoms with E-state index in [2.05, 4.69) is 5.32 Å². The van der Waals surface area contributed by atoms with Gasteiger partial charge >= 0.3 is 5.97 Å². The maximum atomic E-state index is 10.7. The molecule has 0 radical (unpaired) electrons. The number of allylic oxidation sites excluding steroid dienone is 4. The minimum Gasteiger partial charge on any atom is -0.480 e. The maximum absolute atomic E-state index is 10.7. The number of rotatable bonds is 6. The number of aliphatic carboxylic acids is 1. The van der Waals surface area contributed by atoms with Crippen molar-refractivity contribution < 1.29 is 9.90 Å². The molecule has 80 valence electrons. The molecule has 0 fully saturated rings. The second-order valence-electron chi connectivity index (χ2n) is 3.08. The van der Waals surface area contributed by atoms with Crippen molar-refractivity contribution in [2.24, 2.45) is 0 Å². The van der Waals surface area contributed by atoms with Crippen LogP contribution in [0.25, 0.3) is 0 Å². The van der Waals surface area contributed by atoms with Crippen LogP contribution in [0.5, 0.6) is 0 Å². The molecule has 0 aromatic heterocycles. The van der Waals surface area contributed by atoms with Gasteiger partial charge < -0.3 is 10.4 Å². The third kappa shape index (κ3) is 4.82. The Morgan fingerprint density at radius 1 is 1.50 bits per heavy atom. The van der Waals surface area contributed by atoms with Crippen molar-refractivity contribution in [1.29, 1.82) is 0 Å². The molecule has 0 aliphatic rings. The van der Waals surface area contributed by atoms with E-state index in [0.29, 0.717) is 6.42 Å². The molecule has 0 spiro atoms. The fourth-order valence-electron chi connectivity index (χ4n) is 1.24. The standard InChI is InChI=1S/C11H19NO2/c1-4-6-9(5-2)7-8-10(12-3)11(13)14/h4-6,10,12H,7-8H2,1-3H3,(H,13,14)/b6-4-,9-5+/t10-/m0/s1. The number of carboxylic acids is 1. The third-order valence-electron chi connectivity index (χ3n) is 2.12. The van der Waals surface area contributed by atoms with Gasteiger partial charge in [-0.1, -0.05) is 23.8 Å². The molecular weight excluding hydrogens is 178 g/mol. The lowest BCUT2D eigenvalue weighted by molar-refractivity contribution is -0.139. The highest BCUT2D eigenvalue weighted by Gasteiger charge is 2.13. The molecule has 0 rings (SSSR count). The fraction of sp³-hybridized carbons (Fsp3) is 0.545. The van der Waals surface area contributed by atoms with Crippen LogP contribution in [0.15, 0.2) is 23.8 Å². The summed E-state index contributed by atoms with van der Waals surface area (Å²) in [5.74, 6) is -0.788. The van der Waals surface area contributed by atoms with Gasteiger partial charge in [0.25, 0.3) is 0 Å². The first kappa shape index (κ1) is 12.9. The van der Waals surface area contributed by atoms with Gasteiger partial charge in [-0.05, 0) is 33.7 Å². The highest BCUT2D eigenvalue weighted by molar-refractivity contribution is 5.73. The molecule has 0 unspecified atom stereocenters. The van der Waals surface area contributed by atoms with Gasteiger partial charge in [0.2, 0.25) is 0 Å². The molecule has 0 heterocycles. The van der Waals surface area contributed by atoms with Crippen LogP contribution in [0, 0.1) is 0 Å². The Morgan fingerprint density at radius 3 is 2.50 bits per heavy atom.